The first kappa shape index (κ1) is 17.9. The van der Waals surface area contributed by atoms with Crippen LogP contribution in [0.3, 0.4) is 0 Å². The van der Waals surface area contributed by atoms with Crippen molar-refractivity contribution in [1.82, 2.24) is 4.90 Å². The molecule has 0 spiro atoms. The van der Waals surface area contributed by atoms with E-state index in [1.807, 2.05) is 42.5 Å². The van der Waals surface area contributed by atoms with Gasteiger partial charge in [0, 0.05) is 19.2 Å². The Balaban J connectivity index is 1.65. The quantitative estimate of drug-likeness (QED) is 0.744. The number of hydrogen-bond donors (Lipinski definition) is 0. The minimum absolute atomic E-state index is 0.269. The molecular formula is C21H23NO4. The molecule has 0 saturated carbocycles. The summed E-state index contributed by atoms with van der Waals surface area (Å²) in [6.45, 7) is 1.56. The topological polar surface area (TPSA) is 48.0 Å². The van der Waals surface area contributed by atoms with E-state index in [4.69, 9.17) is 14.2 Å². The lowest BCUT2D eigenvalue weighted by molar-refractivity contribution is 0.163. The van der Waals surface area contributed by atoms with Gasteiger partial charge < -0.3 is 19.1 Å². The van der Waals surface area contributed by atoms with Gasteiger partial charge in [0.1, 0.15) is 17.2 Å². The number of methoxy groups -OCH3 is 2. The molecule has 0 radical (unpaired) electrons. The number of carbonyl (C=O) groups excluding carboxylic acids is 1. The lowest BCUT2D eigenvalue weighted by atomic mass is 10.1. The second kappa shape index (κ2) is 8.43. The highest BCUT2D eigenvalue weighted by Gasteiger charge is 2.19. The minimum atomic E-state index is -0.269. The van der Waals surface area contributed by atoms with Crippen LogP contribution in [0, 0.1) is 0 Å². The normalized spacial score (nSPS) is 13.8. The zero-order chi connectivity index (χ0) is 18.4. The van der Waals surface area contributed by atoms with E-state index in [0.717, 1.165) is 48.6 Å². The van der Waals surface area contributed by atoms with Crippen LogP contribution in [-0.4, -0.2) is 38.3 Å². The standard InChI is InChI=1S/C21H23NO4/c1-24-19-13-17(14-20(15-19)25-2)6-5-16-7-9-18(10-8-16)26-21(23)22-11-3-4-12-22/h5-10,13-15H,3-4,11-12H2,1-2H3/b6-5+. The molecule has 26 heavy (non-hydrogen) atoms. The van der Waals surface area contributed by atoms with Gasteiger partial charge in [0.05, 0.1) is 14.2 Å². The molecule has 2 aromatic carbocycles. The smallest absolute Gasteiger partial charge is 0.415 e. The van der Waals surface area contributed by atoms with Crippen LogP contribution >= 0.6 is 0 Å². The minimum Gasteiger partial charge on any atom is -0.497 e. The van der Waals surface area contributed by atoms with Gasteiger partial charge in [-0.2, -0.15) is 0 Å². The number of benzene rings is 2. The number of carbonyl (C=O) groups is 1. The van der Waals surface area contributed by atoms with E-state index in [9.17, 15) is 4.79 Å². The maximum atomic E-state index is 12.0. The highest BCUT2D eigenvalue weighted by molar-refractivity contribution is 5.73. The van der Waals surface area contributed by atoms with Crippen LogP contribution in [0.5, 0.6) is 17.2 Å². The Bertz CT molecular complexity index is 755. The van der Waals surface area contributed by atoms with Crippen LogP contribution in [0.25, 0.3) is 12.2 Å². The number of nitrogens with zero attached hydrogens (tertiary/aromatic N) is 1. The van der Waals surface area contributed by atoms with Crippen molar-refractivity contribution in [2.75, 3.05) is 27.3 Å². The molecular weight excluding hydrogens is 330 g/mol. The summed E-state index contributed by atoms with van der Waals surface area (Å²) < 4.78 is 16.0. The Morgan fingerprint density at radius 3 is 2.00 bits per heavy atom. The summed E-state index contributed by atoms with van der Waals surface area (Å²) in [4.78, 5) is 13.7. The van der Waals surface area contributed by atoms with E-state index in [2.05, 4.69) is 0 Å². The van der Waals surface area contributed by atoms with E-state index in [1.54, 1.807) is 31.3 Å². The van der Waals surface area contributed by atoms with Crippen molar-refractivity contribution in [2.24, 2.45) is 0 Å². The van der Waals surface area contributed by atoms with Gasteiger partial charge in [-0.05, 0) is 48.2 Å². The van der Waals surface area contributed by atoms with Gasteiger partial charge in [0.25, 0.3) is 0 Å². The molecule has 2 aromatic rings. The molecule has 1 aliphatic rings. The first-order valence-corrected chi connectivity index (χ1v) is 8.66. The van der Waals surface area contributed by atoms with Crippen molar-refractivity contribution in [3.63, 3.8) is 0 Å². The van der Waals surface area contributed by atoms with Crippen molar-refractivity contribution >= 4 is 18.2 Å². The maximum Gasteiger partial charge on any atom is 0.415 e. The number of hydrogen-bond acceptors (Lipinski definition) is 4. The zero-order valence-electron chi connectivity index (χ0n) is 15.1. The first-order valence-electron chi connectivity index (χ1n) is 8.66. The van der Waals surface area contributed by atoms with Gasteiger partial charge in [-0.1, -0.05) is 24.3 Å². The Hall–Kier alpha value is -2.95. The van der Waals surface area contributed by atoms with Crippen LogP contribution in [-0.2, 0) is 0 Å². The highest BCUT2D eigenvalue weighted by Crippen LogP contribution is 2.24. The summed E-state index contributed by atoms with van der Waals surface area (Å²) in [6, 6.07) is 13.2. The monoisotopic (exact) mass is 353 g/mol. The average molecular weight is 353 g/mol. The van der Waals surface area contributed by atoms with Gasteiger partial charge in [-0.25, -0.2) is 4.79 Å². The van der Waals surface area contributed by atoms with Gasteiger partial charge in [-0.3, -0.25) is 0 Å². The number of likely N-dealkylation sites (tertiary alicyclic amines) is 1. The molecule has 0 aliphatic carbocycles. The molecule has 3 rings (SSSR count). The Labute approximate surface area is 153 Å². The summed E-state index contributed by atoms with van der Waals surface area (Å²) in [5, 5.41) is 0. The Morgan fingerprint density at radius 1 is 0.846 bits per heavy atom. The molecule has 0 N–H and O–H groups in total. The highest BCUT2D eigenvalue weighted by atomic mass is 16.6. The number of rotatable bonds is 5. The fourth-order valence-electron chi connectivity index (χ4n) is 2.83. The van der Waals surface area contributed by atoms with Crippen molar-refractivity contribution in [1.29, 1.82) is 0 Å². The van der Waals surface area contributed by atoms with E-state index in [1.165, 1.54) is 0 Å². The number of ether oxygens (including phenoxy) is 3. The lowest BCUT2D eigenvalue weighted by Gasteiger charge is -2.14. The third kappa shape index (κ3) is 4.57. The van der Waals surface area contributed by atoms with E-state index < -0.39 is 0 Å². The summed E-state index contributed by atoms with van der Waals surface area (Å²) in [5.41, 5.74) is 1.98. The SMILES string of the molecule is COc1cc(/C=C/c2ccc(OC(=O)N3CCCC3)cc2)cc(OC)c1. The molecule has 1 saturated heterocycles. The molecule has 0 atom stereocenters. The second-order valence-electron chi connectivity index (χ2n) is 6.11. The molecule has 1 aliphatic heterocycles. The zero-order valence-corrected chi connectivity index (χ0v) is 15.1. The summed E-state index contributed by atoms with van der Waals surface area (Å²) in [7, 11) is 3.26. The largest absolute Gasteiger partial charge is 0.497 e. The van der Waals surface area contributed by atoms with Crippen molar-refractivity contribution < 1.29 is 19.0 Å². The third-order valence-corrected chi connectivity index (χ3v) is 4.29. The Kier molecular flexibility index (Phi) is 5.79. The third-order valence-electron chi connectivity index (χ3n) is 4.29. The molecule has 1 amide bonds. The molecule has 0 aromatic heterocycles. The van der Waals surface area contributed by atoms with Crippen LogP contribution in [0.15, 0.2) is 42.5 Å². The van der Waals surface area contributed by atoms with Gasteiger partial charge in [0.2, 0.25) is 0 Å². The fourth-order valence-corrected chi connectivity index (χ4v) is 2.83. The Morgan fingerprint density at radius 2 is 1.42 bits per heavy atom. The summed E-state index contributed by atoms with van der Waals surface area (Å²) in [5.74, 6) is 2.04. The molecule has 5 nitrogen and oxygen atoms in total. The molecule has 5 heteroatoms. The van der Waals surface area contributed by atoms with Gasteiger partial charge >= 0.3 is 6.09 Å². The number of amides is 1. The molecule has 1 heterocycles. The second-order valence-corrected chi connectivity index (χ2v) is 6.11. The summed E-state index contributed by atoms with van der Waals surface area (Å²) in [6.07, 6.45) is 5.80. The molecule has 0 unspecified atom stereocenters. The lowest BCUT2D eigenvalue weighted by Crippen LogP contribution is -2.30. The predicted molar refractivity (Wildman–Crippen MR) is 102 cm³/mol. The summed E-state index contributed by atoms with van der Waals surface area (Å²) >= 11 is 0. The molecule has 136 valence electrons. The van der Waals surface area contributed by atoms with Gasteiger partial charge in [0.15, 0.2) is 0 Å². The maximum absolute atomic E-state index is 12.0. The van der Waals surface area contributed by atoms with Crippen molar-refractivity contribution in [2.45, 2.75) is 12.8 Å². The van der Waals surface area contributed by atoms with Crippen LogP contribution in [0.4, 0.5) is 4.79 Å². The van der Waals surface area contributed by atoms with E-state index >= 15 is 0 Å². The van der Waals surface area contributed by atoms with Crippen LogP contribution in [0.2, 0.25) is 0 Å². The van der Waals surface area contributed by atoms with Crippen molar-refractivity contribution in [3.8, 4) is 17.2 Å². The first-order chi connectivity index (χ1) is 12.7. The van der Waals surface area contributed by atoms with Crippen molar-refractivity contribution in [3.05, 3.63) is 53.6 Å². The molecule has 0 bridgehead atoms. The molecule has 1 fully saturated rings. The van der Waals surface area contributed by atoms with Gasteiger partial charge in [-0.15, -0.1) is 0 Å². The average Bonchev–Trinajstić information content (AvgIpc) is 3.22. The van der Waals surface area contributed by atoms with Crippen LogP contribution < -0.4 is 14.2 Å². The van der Waals surface area contributed by atoms with Crippen LogP contribution in [0.1, 0.15) is 24.0 Å². The van der Waals surface area contributed by atoms with E-state index in [0.29, 0.717) is 5.75 Å². The fraction of sp³-hybridized carbons (Fsp3) is 0.286. The van der Waals surface area contributed by atoms with E-state index in [-0.39, 0.29) is 6.09 Å². The predicted octanol–water partition coefficient (Wildman–Crippen LogP) is 4.47.